The molecule has 0 aliphatic rings. The molecule has 1 amide bonds. The van der Waals surface area contributed by atoms with Crippen LogP contribution in [0.5, 0.6) is 11.5 Å². The SMILES string of the molecule is COc1ccc(SCC(=O)N/N=C/c2cc(C(C)(C)C)c(O)c(C(C)(C)C)c2)cc1. The van der Waals surface area contributed by atoms with Crippen molar-refractivity contribution in [1.29, 1.82) is 0 Å². The first-order valence-electron chi connectivity index (χ1n) is 9.88. The average molecular weight is 429 g/mol. The van der Waals surface area contributed by atoms with Crippen LogP contribution in [0.1, 0.15) is 58.2 Å². The van der Waals surface area contributed by atoms with Crippen LogP contribution in [0.25, 0.3) is 0 Å². The number of rotatable bonds is 6. The molecule has 2 rings (SSSR count). The summed E-state index contributed by atoms with van der Waals surface area (Å²) in [4.78, 5) is 13.1. The quantitative estimate of drug-likeness (QED) is 0.375. The molecule has 0 aliphatic carbocycles. The van der Waals surface area contributed by atoms with Gasteiger partial charge >= 0.3 is 0 Å². The Balaban J connectivity index is 2.08. The molecular weight excluding hydrogens is 396 g/mol. The smallest absolute Gasteiger partial charge is 0.250 e. The van der Waals surface area contributed by atoms with E-state index in [1.165, 1.54) is 11.8 Å². The van der Waals surface area contributed by atoms with Crippen LogP contribution >= 0.6 is 11.8 Å². The molecule has 0 unspecified atom stereocenters. The van der Waals surface area contributed by atoms with E-state index < -0.39 is 0 Å². The zero-order valence-electron chi connectivity index (χ0n) is 18.9. The van der Waals surface area contributed by atoms with E-state index in [9.17, 15) is 9.90 Å². The van der Waals surface area contributed by atoms with Crippen LogP contribution in [0, 0.1) is 0 Å². The summed E-state index contributed by atoms with van der Waals surface area (Å²) < 4.78 is 5.13. The van der Waals surface area contributed by atoms with E-state index in [0.29, 0.717) is 5.75 Å². The minimum absolute atomic E-state index is 0.182. The molecule has 0 saturated carbocycles. The molecule has 5 nitrogen and oxygen atoms in total. The molecule has 2 N–H and O–H groups in total. The number of thioether (sulfide) groups is 1. The van der Waals surface area contributed by atoms with Gasteiger partial charge in [0.15, 0.2) is 0 Å². The predicted octanol–water partition coefficient (Wildman–Crippen LogP) is 5.24. The van der Waals surface area contributed by atoms with Crippen molar-refractivity contribution in [2.45, 2.75) is 57.3 Å². The lowest BCUT2D eigenvalue weighted by molar-refractivity contribution is -0.118. The summed E-state index contributed by atoms with van der Waals surface area (Å²) in [6.45, 7) is 12.4. The number of nitrogens with zero attached hydrogens (tertiary/aromatic N) is 1. The van der Waals surface area contributed by atoms with Crippen molar-refractivity contribution < 1.29 is 14.6 Å². The molecule has 0 radical (unpaired) electrons. The molecule has 0 spiro atoms. The van der Waals surface area contributed by atoms with E-state index in [1.54, 1.807) is 13.3 Å². The summed E-state index contributed by atoms with van der Waals surface area (Å²) in [7, 11) is 1.62. The van der Waals surface area contributed by atoms with Gasteiger partial charge < -0.3 is 9.84 Å². The van der Waals surface area contributed by atoms with Crippen LogP contribution in [0.2, 0.25) is 0 Å². The van der Waals surface area contributed by atoms with Crippen LogP contribution in [0.4, 0.5) is 0 Å². The van der Waals surface area contributed by atoms with Crippen molar-refractivity contribution in [2.75, 3.05) is 12.9 Å². The van der Waals surface area contributed by atoms with Crippen molar-refractivity contribution in [3.8, 4) is 11.5 Å². The Morgan fingerprint density at radius 3 is 2.07 bits per heavy atom. The maximum atomic E-state index is 12.1. The van der Waals surface area contributed by atoms with Gasteiger partial charge in [-0.15, -0.1) is 11.8 Å². The van der Waals surface area contributed by atoms with Crippen molar-refractivity contribution in [3.63, 3.8) is 0 Å². The zero-order valence-corrected chi connectivity index (χ0v) is 19.7. The predicted molar refractivity (Wildman–Crippen MR) is 125 cm³/mol. The largest absolute Gasteiger partial charge is 0.507 e. The molecule has 0 bridgehead atoms. The number of hydrogen-bond donors (Lipinski definition) is 2. The highest BCUT2D eigenvalue weighted by Crippen LogP contribution is 2.39. The number of methoxy groups -OCH3 is 1. The van der Waals surface area contributed by atoms with Crippen molar-refractivity contribution in [1.82, 2.24) is 5.43 Å². The summed E-state index contributed by atoms with van der Waals surface area (Å²) in [6.07, 6.45) is 1.62. The van der Waals surface area contributed by atoms with Gasteiger partial charge in [0.1, 0.15) is 11.5 Å². The summed E-state index contributed by atoms with van der Waals surface area (Å²) >= 11 is 1.43. The minimum atomic E-state index is -0.216. The monoisotopic (exact) mass is 428 g/mol. The first-order chi connectivity index (χ1) is 13.9. The van der Waals surface area contributed by atoms with E-state index in [-0.39, 0.29) is 22.5 Å². The van der Waals surface area contributed by atoms with Crippen molar-refractivity contribution >= 4 is 23.9 Å². The van der Waals surface area contributed by atoms with E-state index in [1.807, 2.05) is 36.4 Å². The Hall–Kier alpha value is -2.47. The van der Waals surface area contributed by atoms with Crippen LogP contribution in [0.3, 0.4) is 0 Å². The molecule has 0 aliphatic heterocycles. The molecule has 2 aromatic rings. The molecular formula is C24H32N2O3S. The fraction of sp³-hybridized carbons (Fsp3) is 0.417. The van der Waals surface area contributed by atoms with E-state index in [4.69, 9.17) is 4.74 Å². The molecule has 0 heterocycles. The molecule has 6 heteroatoms. The molecule has 2 aromatic carbocycles. The highest BCUT2D eigenvalue weighted by atomic mass is 32.2. The fourth-order valence-corrected chi connectivity index (χ4v) is 3.60. The van der Waals surface area contributed by atoms with Gasteiger partial charge in [0.05, 0.1) is 19.1 Å². The van der Waals surface area contributed by atoms with E-state index >= 15 is 0 Å². The second-order valence-corrected chi connectivity index (χ2v) is 10.3. The maximum absolute atomic E-state index is 12.1. The summed E-state index contributed by atoms with van der Waals surface area (Å²) in [5, 5.41) is 14.9. The van der Waals surface area contributed by atoms with Gasteiger partial charge in [-0.1, -0.05) is 41.5 Å². The molecule has 0 fully saturated rings. The van der Waals surface area contributed by atoms with Crippen LogP contribution < -0.4 is 10.2 Å². The zero-order chi connectivity index (χ0) is 22.5. The maximum Gasteiger partial charge on any atom is 0.250 e. The Morgan fingerprint density at radius 1 is 1.07 bits per heavy atom. The number of hydrogen-bond acceptors (Lipinski definition) is 5. The van der Waals surface area contributed by atoms with Gasteiger partial charge in [-0.05, 0) is 52.8 Å². The van der Waals surface area contributed by atoms with Gasteiger partial charge in [-0.3, -0.25) is 4.79 Å². The third-order valence-electron chi connectivity index (χ3n) is 4.58. The van der Waals surface area contributed by atoms with E-state index in [0.717, 1.165) is 27.3 Å². The van der Waals surface area contributed by atoms with Gasteiger partial charge in [0, 0.05) is 16.0 Å². The lowest BCUT2D eigenvalue weighted by Gasteiger charge is -2.27. The van der Waals surface area contributed by atoms with E-state index in [2.05, 4.69) is 52.1 Å². The minimum Gasteiger partial charge on any atom is -0.507 e. The molecule has 0 atom stereocenters. The third kappa shape index (κ3) is 6.52. The van der Waals surface area contributed by atoms with Crippen LogP contribution in [-0.4, -0.2) is 30.1 Å². The fourth-order valence-electron chi connectivity index (χ4n) is 2.91. The van der Waals surface area contributed by atoms with Crippen molar-refractivity contribution in [3.05, 3.63) is 53.1 Å². The second kappa shape index (κ2) is 9.56. The number of carbonyl (C=O) groups is 1. The highest BCUT2D eigenvalue weighted by molar-refractivity contribution is 8.00. The molecule has 162 valence electrons. The molecule has 0 saturated heterocycles. The number of benzene rings is 2. The lowest BCUT2D eigenvalue weighted by atomic mass is 9.78. The number of aromatic hydroxyl groups is 1. The number of ether oxygens (including phenoxy) is 1. The average Bonchev–Trinajstić information content (AvgIpc) is 2.66. The number of phenolic OH excluding ortho intramolecular Hbond substituents is 1. The normalized spacial score (nSPS) is 12.2. The number of nitrogens with one attached hydrogen (secondary N) is 1. The Labute approximate surface area is 183 Å². The Kier molecular flexibility index (Phi) is 7.59. The topological polar surface area (TPSA) is 70.9 Å². The Morgan fingerprint density at radius 2 is 1.60 bits per heavy atom. The van der Waals surface area contributed by atoms with Crippen LogP contribution in [0.15, 0.2) is 46.4 Å². The second-order valence-electron chi connectivity index (χ2n) is 9.22. The Bertz CT molecular complexity index is 873. The summed E-state index contributed by atoms with van der Waals surface area (Å²) in [6, 6.07) is 11.4. The van der Waals surface area contributed by atoms with Gasteiger partial charge in [-0.25, -0.2) is 5.43 Å². The first kappa shape index (κ1) is 23.8. The van der Waals surface area contributed by atoms with Gasteiger partial charge in [0.2, 0.25) is 5.91 Å². The molecule has 0 aromatic heterocycles. The standard InChI is InChI=1S/C24H32N2O3S/c1-23(2,3)19-12-16(13-20(22(19)28)24(4,5)6)14-25-26-21(27)15-30-18-10-8-17(29-7)9-11-18/h8-14,28H,15H2,1-7H3,(H,26,27)/b25-14+. The number of amides is 1. The third-order valence-corrected chi connectivity index (χ3v) is 5.59. The molecule has 30 heavy (non-hydrogen) atoms. The lowest BCUT2D eigenvalue weighted by Crippen LogP contribution is -2.20. The number of phenols is 1. The first-order valence-corrected chi connectivity index (χ1v) is 10.9. The number of hydrazone groups is 1. The van der Waals surface area contributed by atoms with Gasteiger partial charge in [-0.2, -0.15) is 5.10 Å². The highest BCUT2D eigenvalue weighted by Gasteiger charge is 2.26. The van der Waals surface area contributed by atoms with Crippen LogP contribution in [-0.2, 0) is 15.6 Å². The van der Waals surface area contributed by atoms with Crippen molar-refractivity contribution in [2.24, 2.45) is 5.10 Å². The number of carbonyl (C=O) groups excluding carboxylic acids is 1. The van der Waals surface area contributed by atoms with Gasteiger partial charge in [0.25, 0.3) is 0 Å². The summed E-state index contributed by atoms with van der Waals surface area (Å²) in [5.74, 6) is 1.19. The summed E-state index contributed by atoms with van der Waals surface area (Å²) in [5.41, 5.74) is 4.70.